The highest BCUT2D eigenvalue weighted by atomic mass is 16.4. The van der Waals surface area contributed by atoms with Crippen LogP contribution in [0.2, 0.25) is 0 Å². The first-order chi connectivity index (χ1) is 8.95. The van der Waals surface area contributed by atoms with Gasteiger partial charge in [0.2, 0.25) is 11.8 Å². The van der Waals surface area contributed by atoms with E-state index >= 15 is 0 Å². The van der Waals surface area contributed by atoms with Crippen LogP contribution < -0.4 is 10.6 Å². The van der Waals surface area contributed by atoms with Gasteiger partial charge in [0.15, 0.2) is 0 Å². The lowest BCUT2D eigenvalue weighted by Crippen LogP contribution is -2.52. The zero-order valence-electron chi connectivity index (χ0n) is 11.4. The predicted octanol–water partition coefficient (Wildman–Crippen LogP) is 0.661. The summed E-state index contributed by atoms with van der Waals surface area (Å²) in [6, 6.07) is -1.52. The second kappa shape index (κ2) is 7.11. The molecule has 0 aromatic rings. The highest BCUT2D eigenvalue weighted by Crippen LogP contribution is 2.12. The molecule has 0 saturated carbocycles. The van der Waals surface area contributed by atoms with E-state index in [-0.39, 0.29) is 11.8 Å². The Morgan fingerprint density at radius 3 is 2.74 bits per heavy atom. The Labute approximate surface area is 112 Å². The van der Waals surface area contributed by atoms with Gasteiger partial charge in [0.1, 0.15) is 12.1 Å². The minimum atomic E-state index is -1.04. The topological polar surface area (TPSA) is 95.5 Å². The number of carbonyl (C=O) groups is 3. The number of nitrogens with one attached hydrogen (secondary N) is 2. The van der Waals surface area contributed by atoms with Crippen molar-refractivity contribution in [1.82, 2.24) is 10.6 Å². The van der Waals surface area contributed by atoms with Crippen LogP contribution in [0.4, 0.5) is 0 Å². The Bertz CT molecular complexity index is 357. The van der Waals surface area contributed by atoms with Crippen molar-refractivity contribution in [3.8, 4) is 0 Å². The summed E-state index contributed by atoms with van der Waals surface area (Å²) in [5, 5.41) is 14.3. The van der Waals surface area contributed by atoms with Gasteiger partial charge in [0.25, 0.3) is 0 Å². The third-order valence-corrected chi connectivity index (χ3v) is 3.58. The molecule has 1 aliphatic heterocycles. The summed E-state index contributed by atoms with van der Waals surface area (Å²) in [6.07, 6.45) is 3.21. The largest absolute Gasteiger partial charge is 0.480 e. The van der Waals surface area contributed by atoms with Gasteiger partial charge < -0.3 is 15.7 Å². The highest BCUT2D eigenvalue weighted by Gasteiger charge is 2.30. The van der Waals surface area contributed by atoms with Crippen molar-refractivity contribution in [2.45, 2.75) is 58.0 Å². The number of carbonyl (C=O) groups excluding carboxylic acids is 2. The maximum atomic E-state index is 12.0. The van der Waals surface area contributed by atoms with E-state index in [1.165, 1.54) is 0 Å². The van der Waals surface area contributed by atoms with Gasteiger partial charge in [-0.25, -0.2) is 4.79 Å². The van der Waals surface area contributed by atoms with Crippen molar-refractivity contribution < 1.29 is 19.5 Å². The molecule has 3 atom stereocenters. The summed E-state index contributed by atoms with van der Waals surface area (Å²) >= 11 is 0. The van der Waals surface area contributed by atoms with Gasteiger partial charge in [-0.15, -0.1) is 0 Å². The molecule has 1 saturated heterocycles. The molecule has 1 heterocycles. The van der Waals surface area contributed by atoms with E-state index in [0.29, 0.717) is 19.3 Å². The first-order valence-electron chi connectivity index (χ1n) is 6.78. The number of carboxylic acid groups (broad SMARTS) is 1. The van der Waals surface area contributed by atoms with Crippen molar-refractivity contribution in [3.63, 3.8) is 0 Å². The molecule has 1 rings (SSSR count). The fourth-order valence-corrected chi connectivity index (χ4v) is 2.11. The molecule has 0 bridgehead atoms. The van der Waals surface area contributed by atoms with Crippen LogP contribution in [0.1, 0.15) is 46.0 Å². The van der Waals surface area contributed by atoms with E-state index in [2.05, 4.69) is 10.6 Å². The number of rotatable bonds is 5. The van der Waals surface area contributed by atoms with Crippen molar-refractivity contribution >= 4 is 17.8 Å². The zero-order valence-corrected chi connectivity index (χ0v) is 11.4. The molecule has 0 aliphatic carbocycles. The summed E-state index contributed by atoms with van der Waals surface area (Å²) in [7, 11) is 0. The SMILES string of the molecule is CC[C@H](C)[C@H](NC(=O)C1CCCCC(=O)N1)C(=O)O. The number of hydrogen-bond acceptors (Lipinski definition) is 3. The summed E-state index contributed by atoms with van der Waals surface area (Å²) in [6.45, 7) is 3.66. The zero-order chi connectivity index (χ0) is 14.4. The first-order valence-corrected chi connectivity index (χ1v) is 6.78. The van der Waals surface area contributed by atoms with Crippen LogP contribution in [0, 0.1) is 5.92 Å². The lowest BCUT2D eigenvalue weighted by molar-refractivity contribution is -0.143. The van der Waals surface area contributed by atoms with E-state index in [1.54, 1.807) is 6.92 Å². The number of hydrogen-bond donors (Lipinski definition) is 3. The Balaban J connectivity index is 2.65. The van der Waals surface area contributed by atoms with E-state index < -0.39 is 24.0 Å². The average molecular weight is 270 g/mol. The maximum Gasteiger partial charge on any atom is 0.326 e. The van der Waals surface area contributed by atoms with Gasteiger partial charge in [-0.1, -0.05) is 26.7 Å². The van der Waals surface area contributed by atoms with Crippen LogP contribution in [0.5, 0.6) is 0 Å². The molecule has 19 heavy (non-hydrogen) atoms. The molecular formula is C13H22N2O4. The number of amides is 2. The summed E-state index contributed by atoms with van der Waals surface area (Å²) < 4.78 is 0. The smallest absolute Gasteiger partial charge is 0.326 e. The molecule has 6 nitrogen and oxygen atoms in total. The summed E-state index contributed by atoms with van der Waals surface area (Å²) in [5.74, 6) is -1.73. The second-order valence-corrected chi connectivity index (χ2v) is 5.08. The first kappa shape index (κ1) is 15.5. The summed E-state index contributed by atoms with van der Waals surface area (Å²) in [4.78, 5) is 34.6. The van der Waals surface area contributed by atoms with E-state index in [4.69, 9.17) is 5.11 Å². The minimum absolute atomic E-state index is 0.145. The Morgan fingerprint density at radius 1 is 1.47 bits per heavy atom. The quantitative estimate of drug-likeness (QED) is 0.684. The fourth-order valence-electron chi connectivity index (χ4n) is 2.11. The van der Waals surface area contributed by atoms with Gasteiger partial charge in [0.05, 0.1) is 0 Å². The van der Waals surface area contributed by atoms with Gasteiger partial charge in [-0.05, 0) is 18.8 Å². The average Bonchev–Trinajstić information content (AvgIpc) is 2.59. The standard InChI is InChI=1S/C13H22N2O4/c1-3-8(2)11(13(18)19)15-12(17)9-6-4-5-7-10(16)14-9/h8-9,11H,3-7H2,1-2H3,(H,14,16)(H,15,17)(H,18,19)/t8-,9?,11-/m0/s1. The maximum absolute atomic E-state index is 12.0. The Kier molecular flexibility index (Phi) is 5.79. The second-order valence-electron chi connectivity index (χ2n) is 5.08. The summed E-state index contributed by atoms with van der Waals surface area (Å²) in [5.41, 5.74) is 0. The van der Waals surface area contributed by atoms with Gasteiger partial charge in [0, 0.05) is 6.42 Å². The van der Waals surface area contributed by atoms with Gasteiger partial charge in [-0.3, -0.25) is 9.59 Å². The van der Waals surface area contributed by atoms with Gasteiger partial charge >= 0.3 is 5.97 Å². The van der Waals surface area contributed by atoms with Crippen LogP contribution in [-0.4, -0.2) is 35.0 Å². The predicted molar refractivity (Wildman–Crippen MR) is 69.4 cm³/mol. The monoisotopic (exact) mass is 270 g/mol. The van der Waals surface area contributed by atoms with Crippen LogP contribution in [0.15, 0.2) is 0 Å². The number of aliphatic carboxylic acids is 1. The Morgan fingerprint density at radius 2 is 2.16 bits per heavy atom. The van der Waals surface area contributed by atoms with Crippen LogP contribution >= 0.6 is 0 Å². The third kappa shape index (κ3) is 4.54. The number of carboxylic acids is 1. The molecule has 1 unspecified atom stereocenters. The molecule has 1 fully saturated rings. The third-order valence-electron chi connectivity index (χ3n) is 3.58. The molecule has 0 aromatic carbocycles. The van der Waals surface area contributed by atoms with Crippen molar-refractivity contribution in [1.29, 1.82) is 0 Å². The normalized spacial score (nSPS) is 22.8. The van der Waals surface area contributed by atoms with E-state index in [1.807, 2.05) is 6.92 Å². The molecule has 0 radical (unpaired) electrons. The van der Waals surface area contributed by atoms with Crippen molar-refractivity contribution in [2.24, 2.45) is 5.92 Å². The molecule has 0 spiro atoms. The van der Waals surface area contributed by atoms with E-state index in [0.717, 1.165) is 12.8 Å². The molecule has 1 aliphatic rings. The Hall–Kier alpha value is -1.59. The lowest BCUT2D eigenvalue weighted by atomic mass is 9.98. The van der Waals surface area contributed by atoms with Crippen molar-refractivity contribution in [3.05, 3.63) is 0 Å². The molecule has 2 amide bonds. The lowest BCUT2D eigenvalue weighted by Gasteiger charge is -2.23. The van der Waals surface area contributed by atoms with Gasteiger partial charge in [-0.2, -0.15) is 0 Å². The highest BCUT2D eigenvalue weighted by molar-refractivity contribution is 5.90. The molecule has 6 heteroatoms. The molecule has 108 valence electrons. The molecular weight excluding hydrogens is 248 g/mol. The minimum Gasteiger partial charge on any atom is -0.480 e. The molecule has 0 aromatic heterocycles. The fraction of sp³-hybridized carbons (Fsp3) is 0.769. The molecule has 3 N–H and O–H groups in total. The van der Waals surface area contributed by atoms with Crippen LogP contribution in [-0.2, 0) is 14.4 Å². The van der Waals surface area contributed by atoms with Crippen molar-refractivity contribution in [2.75, 3.05) is 0 Å². The van der Waals surface area contributed by atoms with E-state index in [9.17, 15) is 14.4 Å². The van der Waals surface area contributed by atoms with Crippen LogP contribution in [0.3, 0.4) is 0 Å². The van der Waals surface area contributed by atoms with Crippen LogP contribution in [0.25, 0.3) is 0 Å².